The van der Waals surface area contributed by atoms with E-state index < -0.39 is 11.9 Å². The average Bonchev–Trinajstić information content (AvgIpc) is 2.70. The summed E-state index contributed by atoms with van der Waals surface area (Å²) in [5.74, 6) is 5.03. The molecule has 0 aliphatic heterocycles. The van der Waals surface area contributed by atoms with E-state index in [9.17, 15) is 4.39 Å². The minimum Gasteiger partial charge on any atom is -0.271 e. The molecule has 0 radical (unpaired) electrons. The van der Waals surface area contributed by atoms with Crippen LogP contribution in [0, 0.1) is 5.82 Å². The second-order valence-electron chi connectivity index (χ2n) is 3.52. The molecule has 1 atom stereocenters. The van der Waals surface area contributed by atoms with Gasteiger partial charge < -0.3 is 0 Å². The molecule has 1 aromatic carbocycles. The van der Waals surface area contributed by atoms with E-state index in [1.807, 2.05) is 0 Å². The fourth-order valence-electron chi connectivity index (χ4n) is 1.66. The van der Waals surface area contributed by atoms with Gasteiger partial charge in [0.1, 0.15) is 5.82 Å². The number of hydrogen-bond acceptors (Lipinski definition) is 4. The molecule has 0 bridgehead atoms. The van der Waals surface area contributed by atoms with Crippen LogP contribution in [-0.4, -0.2) is 15.0 Å². The molecule has 1 aromatic heterocycles. The highest BCUT2D eigenvalue weighted by Gasteiger charge is 2.22. The van der Waals surface area contributed by atoms with Crippen LogP contribution < -0.4 is 11.3 Å². The number of aromatic nitrogens is 3. The van der Waals surface area contributed by atoms with Crippen LogP contribution in [0.5, 0.6) is 0 Å². The third-order valence-corrected chi connectivity index (χ3v) is 2.83. The molecule has 0 saturated heterocycles. The van der Waals surface area contributed by atoms with Crippen molar-refractivity contribution in [2.45, 2.75) is 6.04 Å². The minimum atomic E-state index is -0.594. The van der Waals surface area contributed by atoms with Gasteiger partial charge in [0, 0.05) is 17.6 Å². The monoisotopic (exact) mass is 255 g/mol. The Bertz CT molecular complexity index is 507. The van der Waals surface area contributed by atoms with Crippen LogP contribution >= 0.6 is 11.6 Å². The van der Waals surface area contributed by atoms with Crippen molar-refractivity contribution in [2.24, 2.45) is 12.9 Å². The number of nitrogens with zero attached hydrogens (tertiary/aromatic N) is 3. The number of nitrogens with one attached hydrogen (secondary N) is 1. The summed E-state index contributed by atoms with van der Waals surface area (Å²) in [6.07, 6.45) is 1.51. The molecular formula is C10H11ClFN5. The minimum absolute atomic E-state index is 0.280. The zero-order chi connectivity index (χ0) is 12.4. The fourth-order valence-corrected chi connectivity index (χ4v) is 1.93. The lowest BCUT2D eigenvalue weighted by Crippen LogP contribution is -2.31. The number of nitrogens with two attached hydrogens (primary N) is 1. The summed E-state index contributed by atoms with van der Waals surface area (Å²) in [7, 11) is 1.70. The van der Waals surface area contributed by atoms with Gasteiger partial charge in [0.15, 0.2) is 0 Å². The van der Waals surface area contributed by atoms with Crippen molar-refractivity contribution >= 4 is 11.6 Å². The molecule has 0 saturated carbocycles. The lowest BCUT2D eigenvalue weighted by atomic mass is 10.0. The van der Waals surface area contributed by atoms with Gasteiger partial charge in [0.2, 0.25) is 0 Å². The van der Waals surface area contributed by atoms with E-state index in [1.54, 1.807) is 13.1 Å². The molecule has 0 aliphatic carbocycles. The maximum absolute atomic E-state index is 13.8. The molecule has 0 amide bonds. The molecule has 3 N–H and O–H groups in total. The van der Waals surface area contributed by atoms with Gasteiger partial charge in [0.25, 0.3) is 0 Å². The van der Waals surface area contributed by atoms with Crippen LogP contribution in [0.2, 0.25) is 5.02 Å². The number of benzene rings is 1. The molecule has 0 spiro atoms. The Labute approximate surface area is 102 Å². The molecule has 90 valence electrons. The average molecular weight is 256 g/mol. The molecule has 1 heterocycles. The first-order valence-electron chi connectivity index (χ1n) is 4.89. The number of halogens is 2. The SMILES string of the molecule is Cn1nncc1C(NN)c1c(F)cccc1Cl. The van der Waals surface area contributed by atoms with Crippen molar-refractivity contribution in [2.75, 3.05) is 0 Å². The highest BCUT2D eigenvalue weighted by atomic mass is 35.5. The van der Waals surface area contributed by atoms with E-state index in [0.29, 0.717) is 10.7 Å². The van der Waals surface area contributed by atoms with Crippen LogP contribution in [0.3, 0.4) is 0 Å². The summed E-state index contributed by atoms with van der Waals surface area (Å²) in [4.78, 5) is 0. The number of rotatable bonds is 3. The van der Waals surface area contributed by atoms with E-state index in [0.717, 1.165) is 0 Å². The van der Waals surface area contributed by atoms with Crippen molar-refractivity contribution in [3.63, 3.8) is 0 Å². The number of hydrazine groups is 1. The van der Waals surface area contributed by atoms with Crippen LogP contribution in [0.25, 0.3) is 0 Å². The van der Waals surface area contributed by atoms with E-state index in [1.165, 1.54) is 23.0 Å². The first-order chi connectivity index (χ1) is 8.15. The van der Waals surface area contributed by atoms with Crippen LogP contribution in [0.4, 0.5) is 4.39 Å². The molecule has 1 unspecified atom stereocenters. The van der Waals surface area contributed by atoms with E-state index in [4.69, 9.17) is 17.4 Å². The molecule has 17 heavy (non-hydrogen) atoms. The summed E-state index contributed by atoms with van der Waals surface area (Å²) in [5, 5.41) is 7.80. The van der Waals surface area contributed by atoms with Crippen LogP contribution in [-0.2, 0) is 7.05 Å². The highest BCUT2D eigenvalue weighted by Crippen LogP contribution is 2.29. The van der Waals surface area contributed by atoms with Gasteiger partial charge in [-0.05, 0) is 12.1 Å². The van der Waals surface area contributed by atoms with Gasteiger partial charge in [-0.2, -0.15) is 0 Å². The Balaban J connectivity index is 2.53. The standard InChI is InChI=1S/C10H11ClFN5/c1-17-8(5-14-16-17)10(15-13)9-6(11)3-2-4-7(9)12/h2-5,10,15H,13H2,1H3. The second-order valence-corrected chi connectivity index (χ2v) is 3.92. The Kier molecular flexibility index (Phi) is 3.37. The number of aryl methyl sites for hydroxylation is 1. The van der Waals surface area contributed by atoms with Crippen molar-refractivity contribution in [3.8, 4) is 0 Å². The van der Waals surface area contributed by atoms with Gasteiger partial charge in [-0.15, -0.1) is 5.10 Å². The van der Waals surface area contributed by atoms with Crippen LogP contribution in [0.15, 0.2) is 24.4 Å². The zero-order valence-electron chi connectivity index (χ0n) is 9.06. The third-order valence-electron chi connectivity index (χ3n) is 2.50. The van der Waals surface area contributed by atoms with Gasteiger partial charge in [-0.3, -0.25) is 10.5 Å². The van der Waals surface area contributed by atoms with Gasteiger partial charge in [-0.25, -0.2) is 9.82 Å². The molecule has 5 nitrogen and oxygen atoms in total. The fraction of sp³-hybridized carbons (Fsp3) is 0.200. The predicted octanol–water partition coefficient (Wildman–Crippen LogP) is 1.16. The molecule has 0 fully saturated rings. The Morgan fingerprint density at radius 1 is 1.53 bits per heavy atom. The van der Waals surface area contributed by atoms with Gasteiger partial charge in [-0.1, -0.05) is 22.9 Å². The van der Waals surface area contributed by atoms with Gasteiger partial charge >= 0.3 is 0 Å². The topological polar surface area (TPSA) is 68.8 Å². The summed E-state index contributed by atoms with van der Waals surface area (Å²) >= 11 is 5.99. The molecular weight excluding hydrogens is 245 g/mol. The van der Waals surface area contributed by atoms with Crippen molar-refractivity contribution in [1.82, 2.24) is 20.4 Å². The quantitative estimate of drug-likeness (QED) is 0.638. The van der Waals surface area contributed by atoms with E-state index in [-0.39, 0.29) is 5.56 Å². The second kappa shape index (κ2) is 4.79. The first kappa shape index (κ1) is 12.0. The molecule has 0 aliphatic rings. The summed E-state index contributed by atoms with van der Waals surface area (Å²) in [6.45, 7) is 0. The lowest BCUT2D eigenvalue weighted by molar-refractivity contribution is 0.531. The Morgan fingerprint density at radius 3 is 2.82 bits per heavy atom. The molecule has 2 aromatic rings. The smallest absolute Gasteiger partial charge is 0.129 e. The molecule has 2 rings (SSSR count). The van der Waals surface area contributed by atoms with Crippen molar-refractivity contribution < 1.29 is 4.39 Å². The zero-order valence-corrected chi connectivity index (χ0v) is 9.82. The van der Waals surface area contributed by atoms with Crippen LogP contribution in [0.1, 0.15) is 17.3 Å². The summed E-state index contributed by atoms with van der Waals surface area (Å²) < 4.78 is 15.3. The van der Waals surface area contributed by atoms with Crippen molar-refractivity contribution in [1.29, 1.82) is 0 Å². The third kappa shape index (κ3) is 2.14. The summed E-state index contributed by atoms with van der Waals surface area (Å²) in [5.41, 5.74) is 3.42. The summed E-state index contributed by atoms with van der Waals surface area (Å²) in [6, 6.07) is 3.88. The maximum Gasteiger partial charge on any atom is 0.129 e. The first-order valence-corrected chi connectivity index (χ1v) is 5.27. The predicted molar refractivity (Wildman–Crippen MR) is 61.6 cm³/mol. The molecule has 7 heteroatoms. The number of hydrogen-bond donors (Lipinski definition) is 2. The van der Waals surface area contributed by atoms with E-state index >= 15 is 0 Å². The lowest BCUT2D eigenvalue weighted by Gasteiger charge is -2.17. The highest BCUT2D eigenvalue weighted by molar-refractivity contribution is 6.31. The van der Waals surface area contributed by atoms with Crippen molar-refractivity contribution in [3.05, 3.63) is 46.5 Å². The van der Waals surface area contributed by atoms with E-state index in [2.05, 4.69) is 15.7 Å². The Morgan fingerprint density at radius 2 is 2.29 bits per heavy atom. The largest absolute Gasteiger partial charge is 0.271 e. The van der Waals surface area contributed by atoms with Gasteiger partial charge in [0.05, 0.1) is 17.9 Å². The normalized spacial score (nSPS) is 12.7. The Hall–Kier alpha value is -1.50. The maximum atomic E-state index is 13.8.